The third kappa shape index (κ3) is 2.01. The number of nitrogens with zero attached hydrogens (tertiary/aromatic N) is 1. The van der Waals surface area contributed by atoms with Gasteiger partial charge >= 0.3 is 0 Å². The van der Waals surface area contributed by atoms with Crippen LogP contribution >= 0.6 is 0 Å². The fourth-order valence-corrected chi connectivity index (χ4v) is 2.24. The standard InChI is InChI=1S/C12H15NO2/c14-9-11-7-4-8-13(11)12(15)10-5-2-1-3-6-10/h4,7-10H,1-3,5-6H2. The molecule has 1 heterocycles. The van der Waals surface area contributed by atoms with Gasteiger partial charge in [-0.15, -0.1) is 0 Å². The summed E-state index contributed by atoms with van der Waals surface area (Å²) in [4.78, 5) is 22.7. The lowest BCUT2D eigenvalue weighted by atomic mass is 9.88. The Morgan fingerprint density at radius 2 is 2.07 bits per heavy atom. The van der Waals surface area contributed by atoms with Gasteiger partial charge in [0.2, 0.25) is 5.91 Å². The predicted molar refractivity (Wildman–Crippen MR) is 57.0 cm³/mol. The average molecular weight is 205 g/mol. The van der Waals surface area contributed by atoms with Crippen molar-refractivity contribution in [2.75, 3.05) is 0 Å². The molecule has 2 rings (SSSR count). The van der Waals surface area contributed by atoms with Crippen LogP contribution in [0.3, 0.4) is 0 Å². The van der Waals surface area contributed by atoms with Crippen LogP contribution in [0.2, 0.25) is 0 Å². The number of hydrogen-bond acceptors (Lipinski definition) is 2. The van der Waals surface area contributed by atoms with Crippen LogP contribution in [0, 0.1) is 5.92 Å². The van der Waals surface area contributed by atoms with Gasteiger partial charge in [-0.2, -0.15) is 0 Å². The monoisotopic (exact) mass is 205 g/mol. The lowest BCUT2D eigenvalue weighted by Crippen LogP contribution is -2.24. The molecular weight excluding hydrogens is 190 g/mol. The zero-order valence-corrected chi connectivity index (χ0v) is 8.69. The number of carbonyl (C=O) groups excluding carboxylic acids is 2. The highest BCUT2D eigenvalue weighted by Crippen LogP contribution is 2.25. The van der Waals surface area contributed by atoms with Gasteiger partial charge in [0.15, 0.2) is 6.29 Å². The van der Waals surface area contributed by atoms with Crippen molar-refractivity contribution in [3.8, 4) is 0 Å². The molecule has 80 valence electrons. The number of carbonyl (C=O) groups is 2. The molecule has 0 unspecified atom stereocenters. The van der Waals surface area contributed by atoms with Crippen molar-refractivity contribution in [3.05, 3.63) is 24.0 Å². The maximum Gasteiger partial charge on any atom is 0.234 e. The summed E-state index contributed by atoms with van der Waals surface area (Å²) in [6.07, 6.45) is 7.85. The Morgan fingerprint density at radius 1 is 1.33 bits per heavy atom. The fraction of sp³-hybridized carbons (Fsp3) is 0.500. The Balaban J connectivity index is 2.15. The van der Waals surface area contributed by atoms with Crippen LogP contribution in [0.25, 0.3) is 0 Å². The minimum absolute atomic E-state index is 0.0850. The lowest BCUT2D eigenvalue weighted by molar-refractivity contribution is 0.0794. The highest BCUT2D eigenvalue weighted by molar-refractivity contribution is 5.87. The number of rotatable bonds is 2. The maximum atomic E-state index is 12.0. The van der Waals surface area contributed by atoms with E-state index in [2.05, 4.69) is 0 Å². The first-order valence-corrected chi connectivity index (χ1v) is 5.49. The van der Waals surface area contributed by atoms with E-state index in [4.69, 9.17) is 0 Å². The van der Waals surface area contributed by atoms with Gasteiger partial charge < -0.3 is 0 Å². The van der Waals surface area contributed by atoms with Crippen molar-refractivity contribution in [1.82, 2.24) is 4.57 Å². The zero-order chi connectivity index (χ0) is 10.7. The Labute approximate surface area is 89.1 Å². The third-order valence-corrected chi connectivity index (χ3v) is 3.09. The van der Waals surface area contributed by atoms with Crippen LogP contribution in [0.15, 0.2) is 18.3 Å². The van der Waals surface area contributed by atoms with Crippen molar-refractivity contribution in [2.24, 2.45) is 5.92 Å². The predicted octanol–water partition coefficient (Wildman–Crippen LogP) is 2.52. The van der Waals surface area contributed by atoms with E-state index in [-0.39, 0.29) is 11.8 Å². The van der Waals surface area contributed by atoms with Crippen molar-refractivity contribution in [3.63, 3.8) is 0 Å². The molecule has 1 fully saturated rings. The molecule has 1 saturated carbocycles. The Kier molecular flexibility index (Phi) is 2.99. The third-order valence-electron chi connectivity index (χ3n) is 3.09. The van der Waals surface area contributed by atoms with Gasteiger partial charge in [-0.3, -0.25) is 14.2 Å². The smallest absolute Gasteiger partial charge is 0.234 e. The molecule has 1 aromatic rings. The minimum atomic E-state index is 0.0850. The van der Waals surface area contributed by atoms with Gasteiger partial charge in [-0.25, -0.2) is 0 Å². The van der Waals surface area contributed by atoms with Crippen molar-refractivity contribution < 1.29 is 9.59 Å². The summed E-state index contributed by atoms with van der Waals surface area (Å²) in [5, 5.41) is 0. The number of aromatic nitrogens is 1. The minimum Gasteiger partial charge on any atom is -0.296 e. The molecule has 3 heteroatoms. The molecule has 0 amide bonds. The lowest BCUT2D eigenvalue weighted by Gasteiger charge is -2.20. The number of hydrogen-bond donors (Lipinski definition) is 0. The molecule has 0 bridgehead atoms. The molecule has 1 aromatic heterocycles. The molecular formula is C12H15NO2. The van der Waals surface area contributed by atoms with Gasteiger partial charge in [-0.1, -0.05) is 19.3 Å². The first-order valence-electron chi connectivity index (χ1n) is 5.49. The molecule has 0 atom stereocenters. The second-order valence-corrected chi connectivity index (χ2v) is 4.09. The maximum absolute atomic E-state index is 12.0. The van der Waals surface area contributed by atoms with Gasteiger partial charge in [0.05, 0.1) is 5.69 Å². The van der Waals surface area contributed by atoms with Gasteiger partial charge in [0.1, 0.15) is 0 Å². The summed E-state index contributed by atoms with van der Waals surface area (Å²) >= 11 is 0. The normalized spacial score (nSPS) is 17.6. The SMILES string of the molecule is O=Cc1cccn1C(=O)C1CCCCC1. The van der Waals surface area contributed by atoms with E-state index in [1.807, 2.05) is 0 Å². The topological polar surface area (TPSA) is 39.1 Å². The zero-order valence-electron chi connectivity index (χ0n) is 8.69. The summed E-state index contributed by atoms with van der Waals surface area (Å²) < 4.78 is 1.49. The van der Waals surface area contributed by atoms with Crippen LogP contribution in [0.5, 0.6) is 0 Å². The summed E-state index contributed by atoms with van der Waals surface area (Å²) in [6, 6.07) is 3.41. The molecule has 1 aliphatic rings. The fourth-order valence-electron chi connectivity index (χ4n) is 2.24. The van der Waals surface area contributed by atoms with E-state index in [9.17, 15) is 9.59 Å². The van der Waals surface area contributed by atoms with Crippen molar-refractivity contribution >= 4 is 12.2 Å². The van der Waals surface area contributed by atoms with Gasteiger partial charge in [0.25, 0.3) is 0 Å². The molecule has 0 radical (unpaired) electrons. The molecule has 0 N–H and O–H groups in total. The van der Waals surface area contributed by atoms with E-state index in [0.29, 0.717) is 5.69 Å². The van der Waals surface area contributed by atoms with Crippen molar-refractivity contribution in [1.29, 1.82) is 0 Å². The number of aldehydes is 1. The highest BCUT2D eigenvalue weighted by Gasteiger charge is 2.23. The summed E-state index contributed by atoms with van der Waals surface area (Å²) in [7, 11) is 0. The van der Waals surface area contributed by atoms with E-state index in [1.54, 1.807) is 18.3 Å². The molecule has 3 nitrogen and oxygen atoms in total. The summed E-state index contributed by atoms with van der Waals surface area (Å²) in [5.41, 5.74) is 0.463. The molecule has 15 heavy (non-hydrogen) atoms. The Hall–Kier alpha value is -1.38. The van der Waals surface area contributed by atoms with Crippen LogP contribution in [-0.2, 0) is 0 Å². The Morgan fingerprint density at radius 3 is 2.73 bits per heavy atom. The molecule has 0 saturated heterocycles. The van der Waals surface area contributed by atoms with E-state index < -0.39 is 0 Å². The van der Waals surface area contributed by atoms with Crippen LogP contribution in [0.4, 0.5) is 0 Å². The molecule has 0 aromatic carbocycles. The Bertz CT molecular complexity index is 361. The summed E-state index contributed by atoms with van der Waals surface area (Å²) in [6.45, 7) is 0. The van der Waals surface area contributed by atoms with E-state index in [0.717, 1.165) is 32.0 Å². The first kappa shape index (κ1) is 10.1. The average Bonchev–Trinajstić information content (AvgIpc) is 2.77. The van der Waals surface area contributed by atoms with Crippen LogP contribution < -0.4 is 0 Å². The van der Waals surface area contributed by atoms with E-state index >= 15 is 0 Å². The molecule has 0 spiro atoms. The van der Waals surface area contributed by atoms with Crippen LogP contribution in [0.1, 0.15) is 47.4 Å². The molecule has 0 aliphatic heterocycles. The van der Waals surface area contributed by atoms with Gasteiger partial charge in [0, 0.05) is 12.1 Å². The van der Waals surface area contributed by atoms with Crippen LogP contribution in [-0.4, -0.2) is 16.8 Å². The quantitative estimate of drug-likeness (QED) is 0.696. The summed E-state index contributed by atoms with van der Waals surface area (Å²) in [5.74, 6) is 0.201. The van der Waals surface area contributed by atoms with E-state index in [1.165, 1.54) is 11.0 Å². The molecule has 1 aliphatic carbocycles. The first-order chi connectivity index (χ1) is 7.33. The second kappa shape index (κ2) is 4.43. The highest BCUT2D eigenvalue weighted by atomic mass is 16.2. The largest absolute Gasteiger partial charge is 0.296 e. The van der Waals surface area contributed by atoms with Gasteiger partial charge in [-0.05, 0) is 25.0 Å². The van der Waals surface area contributed by atoms with Crippen molar-refractivity contribution in [2.45, 2.75) is 32.1 Å². The second-order valence-electron chi connectivity index (χ2n) is 4.09.